The molecular formula is C15H22O5. The van der Waals surface area contributed by atoms with Gasteiger partial charge in [-0.05, 0) is 31.3 Å². The van der Waals surface area contributed by atoms with Gasteiger partial charge in [0.25, 0.3) is 0 Å². The monoisotopic (exact) mass is 282 g/mol. The predicted octanol–water partition coefficient (Wildman–Crippen LogP) is 1.70. The summed E-state index contributed by atoms with van der Waals surface area (Å²) in [6.45, 7) is 6.21. The number of carboxylic acid groups (broad SMARTS) is 1. The maximum absolute atomic E-state index is 11.3. The van der Waals surface area contributed by atoms with E-state index in [2.05, 4.69) is 13.8 Å². The summed E-state index contributed by atoms with van der Waals surface area (Å²) >= 11 is 0. The van der Waals surface area contributed by atoms with Crippen LogP contribution in [0.1, 0.15) is 40.0 Å². The maximum atomic E-state index is 11.3. The summed E-state index contributed by atoms with van der Waals surface area (Å²) in [6.07, 6.45) is 2.32. The van der Waals surface area contributed by atoms with E-state index in [-0.39, 0.29) is 17.1 Å². The van der Waals surface area contributed by atoms with E-state index in [1.807, 2.05) is 6.92 Å². The Kier molecular flexibility index (Phi) is 3.01. The molecule has 0 saturated carbocycles. The van der Waals surface area contributed by atoms with Crippen LogP contribution >= 0.6 is 0 Å². The molecule has 0 aliphatic carbocycles. The van der Waals surface area contributed by atoms with E-state index in [9.17, 15) is 15.0 Å². The zero-order chi connectivity index (χ0) is 14.7. The topological polar surface area (TPSA) is 76.0 Å². The molecule has 2 saturated heterocycles. The second-order valence-corrected chi connectivity index (χ2v) is 6.85. The van der Waals surface area contributed by atoms with Crippen LogP contribution in [0.3, 0.4) is 0 Å². The molecule has 3 rings (SSSR count). The molecule has 0 radical (unpaired) electrons. The summed E-state index contributed by atoms with van der Waals surface area (Å²) in [4.78, 5) is 11.3. The molecule has 20 heavy (non-hydrogen) atoms. The average molecular weight is 282 g/mol. The predicted molar refractivity (Wildman–Crippen MR) is 71.0 cm³/mol. The number of aliphatic hydroxyl groups excluding tert-OH is 1. The lowest BCUT2D eigenvalue weighted by Gasteiger charge is -2.51. The number of rotatable bonds is 2. The van der Waals surface area contributed by atoms with Gasteiger partial charge in [0.1, 0.15) is 6.10 Å². The molecule has 2 N–H and O–H groups in total. The van der Waals surface area contributed by atoms with Crippen LogP contribution in [-0.4, -0.2) is 40.3 Å². The zero-order valence-corrected chi connectivity index (χ0v) is 12.1. The normalized spacial score (nSPS) is 47.0. The van der Waals surface area contributed by atoms with Crippen LogP contribution in [0.25, 0.3) is 0 Å². The summed E-state index contributed by atoms with van der Waals surface area (Å²) in [5.74, 6) is -1.76. The van der Waals surface area contributed by atoms with Gasteiger partial charge in [-0.25, -0.2) is 4.79 Å². The van der Waals surface area contributed by atoms with Crippen LogP contribution in [0.5, 0.6) is 0 Å². The zero-order valence-electron chi connectivity index (χ0n) is 12.1. The Morgan fingerprint density at radius 3 is 2.75 bits per heavy atom. The highest BCUT2D eigenvalue weighted by Gasteiger charge is 2.67. The van der Waals surface area contributed by atoms with Gasteiger partial charge in [-0.1, -0.05) is 20.8 Å². The van der Waals surface area contributed by atoms with Crippen molar-refractivity contribution in [2.75, 3.05) is 0 Å². The molecule has 0 aromatic heterocycles. The molecule has 2 fully saturated rings. The van der Waals surface area contributed by atoms with Crippen LogP contribution in [-0.2, 0) is 14.3 Å². The van der Waals surface area contributed by atoms with Gasteiger partial charge in [0, 0.05) is 5.41 Å². The Balaban J connectivity index is 1.99. The number of aliphatic carboxylic acids is 1. The largest absolute Gasteiger partial charge is 0.478 e. The van der Waals surface area contributed by atoms with Crippen molar-refractivity contribution in [2.45, 2.75) is 64.1 Å². The Hall–Kier alpha value is -0.910. The highest BCUT2D eigenvalue weighted by atomic mass is 16.7. The van der Waals surface area contributed by atoms with Crippen molar-refractivity contribution in [3.8, 4) is 0 Å². The second-order valence-electron chi connectivity index (χ2n) is 6.85. The van der Waals surface area contributed by atoms with Crippen LogP contribution < -0.4 is 0 Å². The minimum Gasteiger partial charge on any atom is -0.478 e. The van der Waals surface area contributed by atoms with Crippen LogP contribution in [0, 0.1) is 11.3 Å². The molecule has 3 heterocycles. The number of carboxylic acids is 1. The van der Waals surface area contributed by atoms with Crippen molar-refractivity contribution in [1.82, 2.24) is 0 Å². The molecule has 5 nitrogen and oxygen atoms in total. The lowest BCUT2D eigenvalue weighted by Crippen LogP contribution is -2.60. The number of hydrogen-bond acceptors (Lipinski definition) is 4. The van der Waals surface area contributed by atoms with Gasteiger partial charge < -0.3 is 19.7 Å². The quantitative estimate of drug-likeness (QED) is 0.806. The minimum atomic E-state index is -1.08. The van der Waals surface area contributed by atoms with E-state index in [4.69, 9.17) is 9.47 Å². The number of fused-ring (bicyclic) bond motifs is 1. The molecule has 2 bridgehead atoms. The fourth-order valence-electron chi connectivity index (χ4n) is 3.87. The molecule has 112 valence electrons. The standard InChI is InChI=1S/C15H22O5/c1-8(2)10-4-5-14(3)7-11-9(13(17)18)6-12(16)15(14,19-10)20-11/h6,8,10-12,16H,4-5,7H2,1-3H3,(H,17,18). The molecule has 5 unspecified atom stereocenters. The third-order valence-corrected chi connectivity index (χ3v) is 5.17. The third kappa shape index (κ3) is 1.70. The van der Waals surface area contributed by atoms with E-state index < -0.39 is 24.0 Å². The molecule has 3 aliphatic rings. The number of ether oxygens (including phenoxy) is 2. The number of aliphatic hydroxyl groups is 1. The second kappa shape index (κ2) is 4.29. The summed E-state index contributed by atoms with van der Waals surface area (Å²) in [5, 5.41) is 19.7. The Bertz CT molecular complexity index is 471. The fraction of sp³-hybridized carbons (Fsp3) is 0.800. The van der Waals surface area contributed by atoms with E-state index >= 15 is 0 Å². The molecule has 0 amide bonds. The molecule has 1 spiro atoms. The highest BCUT2D eigenvalue weighted by molar-refractivity contribution is 5.88. The van der Waals surface area contributed by atoms with Crippen LogP contribution in [0.2, 0.25) is 0 Å². The summed E-state index contributed by atoms with van der Waals surface area (Å²) < 4.78 is 12.1. The lowest BCUT2D eigenvalue weighted by atomic mass is 9.71. The lowest BCUT2D eigenvalue weighted by molar-refractivity contribution is -0.343. The van der Waals surface area contributed by atoms with Gasteiger partial charge in [0.05, 0.1) is 17.8 Å². The minimum absolute atomic E-state index is 0.0382. The van der Waals surface area contributed by atoms with Crippen LogP contribution in [0.4, 0.5) is 0 Å². The molecule has 0 aromatic rings. The molecular weight excluding hydrogens is 260 g/mol. The Morgan fingerprint density at radius 1 is 1.45 bits per heavy atom. The van der Waals surface area contributed by atoms with Crippen LogP contribution in [0.15, 0.2) is 11.6 Å². The highest BCUT2D eigenvalue weighted by Crippen LogP contribution is 2.59. The van der Waals surface area contributed by atoms with Crippen molar-refractivity contribution in [3.63, 3.8) is 0 Å². The first-order valence-corrected chi connectivity index (χ1v) is 7.28. The molecule has 5 heteroatoms. The summed E-state index contributed by atoms with van der Waals surface area (Å²) in [7, 11) is 0. The van der Waals surface area contributed by atoms with Crippen molar-refractivity contribution >= 4 is 5.97 Å². The summed E-state index contributed by atoms with van der Waals surface area (Å²) in [6, 6.07) is 0. The van der Waals surface area contributed by atoms with Crippen molar-refractivity contribution in [3.05, 3.63) is 11.6 Å². The number of carbonyl (C=O) groups is 1. The average Bonchev–Trinajstić information content (AvgIpc) is 2.63. The first kappa shape index (κ1) is 14.0. The number of hydrogen-bond donors (Lipinski definition) is 2. The third-order valence-electron chi connectivity index (χ3n) is 5.17. The van der Waals surface area contributed by atoms with Crippen molar-refractivity contribution in [2.24, 2.45) is 11.3 Å². The maximum Gasteiger partial charge on any atom is 0.333 e. The van der Waals surface area contributed by atoms with E-state index in [0.29, 0.717) is 12.3 Å². The first-order valence-electron chi connectivity index (χ1n) is 7.28. The van der Waals surface area contributed by atoms with E-state index in [1.165, 1.54) is 6.08 Å². The van der Waals surface area contributed by atoms with Crippen molar-refractivity contribution < 1.29 is 24.5 Å². The van der Waals surface area contributed by atoms with Gasteiger partial charge in [0.15, 0.2) is 0 Å². The molecule has 3 aliphatic heterocycles. The van der Waals surface area contributed by atoms with Gasteiger partial charge in [-0.3, -0.25) is 0 Å². The first-order chi connectivity index (χ1) is 9.29. The molecule has 0 aromatic carbocycles. The van der Waals surface area contributed by atoms with Gasteiger partial charge >= 0.3 is 5.97 Å². The van der Waals surface area contributed by atoms with Gasteiger partial charge in [0.2, 0.25) is 5.79 Å². The molecule has 5 atom stereocenters. The summed E-state index contributed by atoms with van der Waals surface area (Å²) in [5.41, 5.74) is -0.181. The SMILES string of the molecule is CC(C)C1CCC2(C)CC3OC2(O1)C(O)C=C3C(=O)O. The van der Waals surface area contributed by atoms with Crippen molar-refractivity contribution in [1.29, 1.82) is 0 Å². The van der Waals surface area contributed by atoms with E-state index in [0.717, 1.165) is 12.8 Å². The Morgan fingerprint density at radius 2 is 2.15 bits per heavy atom. The smallest absolute Gasteiger partial charge is 0.333 e. The van der Waals surface area contributed by atoms with Gasteiger partial charge in [-0.2, -0.15) is 0 Å². The van der Waals surface area contributed by atoms with Gasteiger partial charge in [-0.15, -0.1) is 0 Å². The fourth-order valence-corrected chi connectivity index (χ4v) is 3.87. The Labute approximate surface area is 118 Å². The van der Waals surface area contributed by atoms with E-state index in [1.54, 1.807) is 0 Å².